The third kappa shape index (κ3) is 3.45. The summed E-state index contributed by atoms with van der Waals surface area (Å²) in [6.45, 7) is 1.87. The van der Waals surface area contributed by atoms with Crippen LogP contribution < -0.4 is 0 Å². The standard InChI is InChI=1S/C6H12O3.CH4/c1-4-5(8-2)6(7)9-3;/h5H,4H2,1-3H3;1H4. The van der Waals surface area contributed by atoms with E-state index in [1.165, 1.54) is 14.2 Å². The van der Waals surface area contributed by atoms with Crippen molar-refractivity contribution in [1.29, 1.82) is 0 Å². The van der Waals surface area contributed by atoms with Gasteiger partial charge >= 0.3 is 5.97 Å². The van der Waals surface area contributed by atoms with Gasteiger partial charge in [0.2, 0.25) is 0 Å². The van der Waals surface area contributed by atoms with Gasteiger partial charge in [-0.2, -0.15) is 0 Å². The maximum absolute atomic E-state index is 10.6. The first-order valence-corrected chi connectivity index (χ1v) is 2.86. The normalized spacial score (nSPS) is 11.5. The Morgan fingerprint density at radius 1 is 1.50 bits per heavy atom. The molecule has 1 atom stereocenters. The van der Waals surface area contributed by atoms with Crippen LogP contribution in [0.2, 0.25) is 0 Å². The number of carbonyl (C=O) groups is 1. The summed E-state index contributed by atoms with van der Waals surface area (Å²) >= 11 is 0. The van der Waals surface area contributed by atoms with E-state index in [1.54, 1.807) is 0 Å². The highest BCUT2D eigenvalue weighted by Gasteiger charge is 2.14. The van der Waals surface area contributed by atoms with Crippen molar-refractivity contribution in [2.75, 3.05) is 14.2 Å². The van der Waals surface area contributed by atoms with Crippen molar-refractivity contribution < 1.29 is 14.3 Å². The van der Waals surface area contributed by atoms with Gasteiger partial charge in [-0.15, -0.1) is 0 Å². The predicted molar refractivity (Wildman–Crippen MR) is 39.8 cm³/mol. The minimum Gasteiger partial charge on any atom is -0.467 e. The molecule has 0 aliphatic rings. The Labute approximate surface area is 62.3 Å². The summed E-state index contributed by atoms with van der Waals surface area (Å²) in [7, 11) is 2.84. The Balaban J connectivity index is 0. The Morgan fingerprint density at radius 3 is 2.10 bits per heavy atom. The molecular formula is C7H16O3. The highest BCUT2D eigenvalue weighted by molar-refractivity contribution is 5.74. The summed E-state index contributed by atoms with van der Waals surface area (Å²) in [6.07, 6.45) is 0.262. The molecule has 62 valence electrons. The molecule has 0 aromatic carbocycles. The van der Waals surface area contributed by atoms with Gasteiger partial charge in [0.05, 0.1) is 7.11 Å². The highest BCUT2D eigenvalue weighted by atomic mass is 16.6. The molecule has 1 unspecified atom stereocenters. The van der Waals surface area contributed by atoms with Crippen LogP contribution in [0.15, 0.2) is 0 Å². The fraction of sp³-hybridized carbons (Fsp3) is 0.857. The number of rotatable bonds is 3. The van der Waals surface area contributed by atoms with Gasteiger partial charge in [-0.1, -0.05) is 14.4 Å². The van der Waals surface area contributed by atoms with E-state index in [1.807, 2.05) is 6.92 Å². The van der Waals surface area contributed by atoms with Crippen molar-refractivity contribution in [2.45, 2.75) is 26.9 Å². The first-order valence-electron chi connectivity index (χ1n) is 2.86. The number of hydrogen-bond acceptors (Lipinski definition) is 3. The second-order valence-corrected chi connectivity index (χ2v) is 1.66. The van der Waals surface area contributed by atoms with Gasteiger partial charge in [-0.25, -0.2) is 4.79 Å². The largest absolute Gasteiger partial charge is 0.467 e. The number of ether oxygens (including phenoxy) is 2. The first kappa shape index (κ1) is 12.1. The molecule has 0 aromatic heterocycles. The molecule has 0 radical (unpaired) electrons. The minimum atomic E-state index is -0.394. The predicted octanol–water partition coefficient (Wildman–Crippen LogP) is 1.22. The number of carbonyl (C=O) groups excluding carboxylic acids is 1. The topological polar surface area (TPSA) is 35.5 Å². The lowest BCUT2D eigenvalue weighted by Crippen LogP contribution is -2.22. The lowest BCUT2D eigenvalue weighted by atomic mass is 10.3. The molecule has 0 saturated carbocycles. The van der Waals surface area contributed by atoms with Crippen LogP contribution in [0.25, 0.3) is 0 Å². The van der Waals surface area contributed by atoms with Crippen molar-refractivity contribution in [3.05, 3.63) is 0 Å². The summed E-state index contributed by atoms with van der Waals surface area (Å²) < 4.78 is 9.21. The fourth-order valence-corrected chi connectivity index (χ4v) is 0.561. The number of hydrogen-bond donors (Lipinski definition) is 0. The molecule has 3 nitrogen and oxygen atoms in total. The van der Waals surface area contributed by atoms with E-state index in [9.17, 15) is 4.79 Å². The van der Waals surface area contributed by atoms with Crippen molar-refractivity contribution >= 4 is 5.97 Å². The molecule has 0 aromatic rings. The Morgan fingerprint density at radius 2 is 2.00 bits per heavy atom. The first-order chi connectivity index (χ1) is 4.26. The Bertz CT molecular complexity index is 86.9. The smallest absolute Gasteiger partial charge is 0.334 e. The highest BCUT2D eigenvalue weighted by Crippen LogP contribution is 1.96. The molecule has 0 aliphatic carbocycles. The molecule has 0 spiro atoms. The van der Waals surface area contributed by atoms with Crippen LogP contribution >= 0.6 is 0 Å². The maximum atomic E-state index is 10.6. The van der Waals surface area contributed by atoms with Gasteiger partial charge in [0.25, 0.3) is 0 Å². The lowest BCUT2D eigenvalue weighted by molar-refractivity contribution is -0.152. The van der Waals surface area contributed by atoms with Crippen LogP contribution in [0.3, 0.4) is 0 Å². The van der Waals surface area contributed by atoms with Gasteiger partial charge in [0.1, 0.15) is 0 Å². The van der Waals surface area contributed by atoms with E-state index in [0.29, 0.717) is 6.42 Å². The second kappa shape index (κ2) is 6.55. The van der Waals surface area contributed by atoms with Crippen molar-refractivity contribution in [2.24, 2.45) is 0 Å². The monoisotopic (exact) mass is 148 g/mol. The third-order valence-corrected chi connectivity index (χ3v) is 1.12. The van der Waals surface area contributed by atoms with Gasteiger partial charge < -0.3 is 9.47 Å². The van der Waals surface area contributed by atoms with Crippen LogP contribution in [0.1, 0.15) is 20.8 Å². The van der Waals surface area contributed by atoms with Crippen LogP contribution in [0.4, 0.5) is 0 Å². The molecule has 0 fully saturated rings. The number of methoxy groups -OCH3 is 2. The lowest BCUT2D eigenvalue weighted by Gasteiger charge is -2.08. The SMILES string of the molecule is C.CCC(OC)C(=O)OC. The van der Waals surface area contributed by atoms with Crippen LogP contribution in [-0.4, -0.2) is 26.3 Å². The molecule has 0 saturated heterocycles. The fourth-order valence-electron chi connectivity index (χ4n) is 0.561. The summed E-state index contributed by atoms with van der Waals surface area (Å²) in [5.41, 5.74) is 0. The summed E-state index contributed by atoms with van der Waals surface area (Å²) in [6, 6.07) is 0. The van der Waals surface area contributed by atoms with E-state index in [-0.39, 0.29) is 13.4 Å². The molecule has 0 bridgehead atoms. The molecule has 0 rings (SSSR count). The Hall–Kier alpha value is -0.570. The number of esters is 1. The molecule has 10 heavy (non-hydrogen) atoms. The van der Waals surface area contributed by atoms with Gasteiger partial charge in [-0.3, -0.25) is 0 Å². The van der Waals surface area contributed by atoms with Crippen molar-refractivity contribution in [1.82, 2.24) is 0 Å². The van der Waals surface area contributed by atoms with Crippen LogP contribution in [-0.2, 0) is 14.3 Å². The van der Waals surface area contributed by atoms with E-state index in [2.05, 4.69) is 4.74 Å². The van der Waals surface area contributed by atoms with E-state index >= 15 is 0 Å². The summed E-state index contributed by atoms with van der Waals surface area (Å²) in [5.74, 6) is -0.306. The van der Waals surface area contributed by atoms with E-state index < -0.39 is 6.10 Å². The Kier molecular flexibility index (Phi) is 7.95. The molecule has 3 heteroatoms. The van der Waals surface area contributed by atoms with E-state index in [4.69, 9.17) is 4.74 Å². The quantitative estimate of drug-likeness (QED) is 0.564. The average molecular weight is 148 g/mol. The summed E-state index contributed by atoms with van der Waals surface area (Å²) in [4.78, 5) is 10.6. The zero-order valence-electron chi connectivity index (χ0n) is 6.01. The molecule has 0 N–H and O–H groups in total. The molecule has 0 aliphatic heterocycles. The van der Waals surface area contributed by atoms with Crippen molar-refractivity contribution in [3.8, 4) is 0 Å². The molecule has 0 heterocycles. The van der Waals surface area contributed by atoms with Gasteiger partial charge in [-0.05, 0) is 6.42 Å². The van der Waals surface area contributed by atoms with Crippen molar-refractivity contribution in [3.63, 3.8) is 0 Å². The van der Waals surface area contributed by atoms with Gasteiger partial charge in [0, 0.05) is 7.11 Å². The maximum Gasteiger partial charge on any atom is 0.334 e. The van der Waals surface area contributed by atoms with Crippen LogP contribution in [0, 0.1) is 0 Å². The summed E-state index contributed by atoms with van der Waals surface area (Å²) in [5, 5.41) is 0. The zero-order chi connectivity index (χ0) is 7.28. The average Bonchev–Trinajstić information content (AvgIpc) is 1.90. The van der Waals surface area contributed by atoms with Gasteiger partial charge in [0.15, 0.2) is 6.10 Å². The minimum absolute atomic E-state index is 0. The molecular weight excluding hydrogens is 132 g/mol. The van der Waals surface area contributed by atoms with E-state index in [0.717, 1.165) is 0 Å². The third-order valence-electron chi connectivity index (χ3n) is 1.12. The van der Waals surface area contributed by atoms with Crippen LogP contribution in [0.5, 0.6) is 0 Å². The second-order valence-electron chi connectivity index (χ2n) is 1.66. The molecule has 0 amide bonds. The zero-order valence-corrected chi connectivity index (χ0v) is 6.01.